The lowest BCUT2D eigenvalue weighted by Gasteiger charge is -2.11. The molecule has 32 heavy (non-hydrogen) atoms. The number of rotatable bonds is 9. The van der Waals surface area contributed by atoms with Gasteiger partial charge in [-0.15, -0.1) is 0 Å². The average molecular weight is 434 g/mol. The van der Waals surface area contributed by atoms with Gasteiger partial charge in [0.2, 0.25) is 0 Å². The molecule has 4 rings (SSSR count). The first-order valence-corrected chi connectivity index (χ1v) is 10.8. The van der Waals surface area contributed by atoms with Crippen LogP contribution in [0.25, 0.3) is 22.1 Å². The Morgan fingerprint density at radius 2 is 1.94 bits per heavy atom. The topological polar surface area (TPSA) is 151 Å². The molecule has 0 aliphatic heterocycles. The lowest BCUT2D eigenvalue weighted by Crippen LogP contribution is -2.25. The Labute approximate surface area is 185 Å². The largest absolute Gasteiger partial charge is 0.382 e. The first kappa shape index (κ1) is 21.4. The molecule has 0 atom stereocenters. The van der Waals surface area contributed by atoms with Gasteiger partial charge in [0.25, 0.3) is 5.91 Å². The molecule has 4 heterocycles. The molecular formula is C22H27N9O. The molecule has 4 aromatic rings. The number of nitrogens with zero attached hydrogens (tertiary/aromatic N) is 6. The van der Waals surface area contributed by atoms with E-state index in [1.165, 1.54) is 12.4 Å². The lowest BCUT2D eigenvalue weighted by atomic mass is 10.2. The molecule has 0 saturated carbocycles. The molecule has 0 saturated heterocycles. The number of nitrogen functional groups attached to an aromatic ring is 2. The summed E-state index contributed by atoms with van der Waals surface area (Å²) in [5.41, 5.74) is 15.2. The van der Waals surface area contributed by atoms with Gasteiger partial charge in [-0.3, -0.25) is 9.78 Å². The number of pyridine rings is 2. The molecule has 5 N–H and O–H groups in total. The van der Waals surface area contributed by atoms with E-state index >= 15 is 0 Å². The van der Waals surface area contributed by atoms with Crippen LogP contribution in [-0.4, -0.2) is 41.9 Å². The standard InChI is InChI=1S/C22H27N9O/c1-2-3-8-17-30-19-20(18-14(29-21(19)24)7-6-10-25-18)31(17)11-5-4-9-26-22(32)15-12-28-16(23)13-27-15/h6-7,10,12-13H,2-5,8-9,11H2,1H3,(H2,23,28)(H2,24,29)(H,26,32). The highest BCUT2D eigenvalue weighted by molar-refractivity contribution is 6.04. The molecule has 0 bridgehead atoms. The van der Waals surface area contributed by atoms with Gasteiger partial charge in [-0.05, 0) is 31.4 Å². The Kier molecular flexibility index (Phi) is 6.39. The first-order valence-electron chi connectivity index (χ1n) is 10.8. The van der Waals surface area contributed by atoms with Crippen LogP contribution < -0.4 is 16.8 Å². The SMILES string of the molecule is CCCCc1nc2c(N)nc3cccnc3c2n1CCCCNC(=O)c1cnc(N)cn1. The molecule has 0 unspecified atom stereocenters. The molecule has 4 aromatic heterocycles. The summed E-state index contributed by atoms with van der Waals surface area (Å²) in [5.74, 6) is 1.44. The molecule has 0 aliphatic carbocycles. The maximum Gasteiger partial charge on any atom is 0.271 e. The summed E-state index contributed by atoms with van der Waals surface area (Å²) < 4.78 is 2.21. The number of anilines is 2. The predicted molar refractivity (Wildman–Crippen MR) is 124 cm³/mol. The zero-order chi connectivity index (χ0) is 22.5. The van der Waals surface area contributed by atoms with Gasteiger partial charge >= 0.3 is 0 Å². The quantitative estimate of drug-likeness (QED) is 0.341. The second kappa shape index (κ2) is 9.54. The van der Waals surface area contributed by atoms with Crippen LogP contribution in [0.4, 0.5) is 11.6 Å². The van der Waals surface area contributed by atoms with Gasteiger partial charge in [-0.25, -0.2) is 19.9 Å². The summed E-state index contributed by atoms with van der Waals surface area (Å²) in [7, 11) is 0. The Bertz CT molecular complexity index is 1230. The van der Waals surface area contributed by atoms with Gasteiger partial charge in [0.05, 0.1) is 17.9 Å². The van der Waals surface area contributed by atoms with E-state index in [0.717, 1.165) is 61.0 Å². The van der Waals surface area contributed by atoms with Crippen molar-refractivity contribution in [2.45, 2.75) is 45.6 Å². The number of unbranched alkanes of at least 4 members (excludes halogenated alkanes) is 2. The minimum Gasteiger partial charge on any atom is -0.382 e. The minimum atomic E-state index is -0.261. The summed E-state index contributed by atoms with van der Waals surface area (Å²) in [4.78, 5) is 33.9. The van der Waals surface area contributed by atoms with E-state index in [-0.39, 0.29) is 17.4 Å². The number of nitrogens with two attached hydrogens (primary N) is 2. The zero-order valence-corrected chi connectivity index (χ0v) is 18.1. The molecule has 166 valence electrons. The summed E-state index contributed by atoms with van der Waals surface area (Å²) in [6.45, 7) is 3.45. The summed E-state index contributed by atoms with van der Waals surface area (Å²) in [5, 5.41) is 2.87. The van der Waals surface area contributed by atoms with E-state index in [1.807, 2.05) is 12.1 Å². The normalized spacial score (nSPS) is 11.3. The van der Waals surface area contributed by atoms with Crippen molar-refractivity contribution in [2.24, 2.45) is 0 Å². The molecule has 0 fully saturated rings. The Balaban J connectivity index is 1.49. The van der Waals surface area contributed by atoms with Crippen molar-refractivity contribution >= 4 is 39.6 Å². The molecule has 0 aliphatic rings. The fourth-order valence-corrected chi connectivity index (χ4v) is 3.68. The summed E-state index contributed by atoms with van der Waals surface area (Å²) in [6, 6.07) is 3.77. The van der Waals surface area contributed by atoms with Gasteiger partial charge in [0, 0.05) is 25.7 Å². The van der Waals surface area contributed by atoms with E-state index in [1.54, 1.807) is 6.20 Å². The lowest BCUT2D eigenvalue weighted by molar-refractivity contribution is 0.0947. The number of aromatic nitrogens is 6. The highest BCUT2D eigenvalue weighted by Gasteiger charge is 2.17. The molecular weight excluding hydrogens is 406 g/mol. The molecule has 10 heteroatoms. The van der Waals surface area contributed by atoms with Crippen molar-refractivity contribution in [1.29, 1.82) is 0 Å². The fourth-order valence-electron chi connectivity index (χ4n) is 3.68. The highest BCUT2D eigenvalue weighted by atomic mass is 16.1. The Morgan fingerprint density at radius 3 is 2.72 bits per heavy atom. The van der Waals surface area contributed by atoms with Gasteiger partial charge in [0.15, 0.2) is 5.82 Å². The molecule has 0 aromatic carbocycles. The van der Waals surface area contributed by atoms with Crippen LogP contribution in [-0.2, 0) is 13.0 Å². The van der Waals surface area contributed by atoms with Crippen LogP contribution in [0.5, 0.6) is 0 Å². The van der Waals surface area contributed by atoms with E-state index in [4.69, 9.17) is 16.5 Å². The fraction of sp³-hybridized carbons (Fsp3) is 0.364. The van der Waals surface area contributed by atoms with Crippen molar-refractivity contribution in [3.05, 3.63) is 42.2 Å². The number of carbonyl (C=O) groups excluding carboxylic acids is 1. The third-order valence-corrected chi connectivity index (χ3v) is 5.29. The highest BCUT2D eigenvalue weighted by Crippen LogP contribution is 2.28. The van der Waals surface area contributed by atoms with Crippen LogP contribution in [0.1, 0.15) is 48.9 Å². The number of aryl methyl sites for hydroxylation is 2. The van der Waals surface area contributed by atoms with Gasteiger partial charge < -0.3 is 21.4 Å². The molecule has 10 nitrogen and oxygen atoms in total. The third-order valence-electron chi connectivity index (χ3n) is 5.29. The Morgan fingerprint density at radius 1 is 1.06 bits per heavy atom. The van der Waals surface area contributed by atoms with Crippen LogP contribution in [0.3, 0.4) is 0 Å². The third kappa shape index (κ3) is 4.43. The van der Waals surface area contributed by atoms with Crippen LogP contribution in [0, 0.1) is 0 Å². The van der Waals surface area contributed by atoms with Gasteiger partial charge in [-0.1, -0.05) is 13.3 Å². The number of imidazole rings is 1. The smallest absolute Gasteiger partial charge is 0.271 e. The number of fused-ring (bicyclic) bond motifs is 3. The van der Waals surface area contributed by atoms with Crippen molar-refractivity contribution < 1.29 is 4.79 Å². The summed E-state index contributed by atoms with van der Waals surface area (Å²) >= 11 is 0. The number of hydrogen-bond donors (Lipinski definition) is 3. The van der Waals surface area contributed by atoms with E-state index in [0.29, 0.717) is 17.9 Å². The van der Waals surface area contributed by atoms with Gasteiger partial charge in [0.1, 0.15) is 33.9 Å². The number of hydrogen-bond acceptors (Lipinski definition) is 8. The monoisotopic (exact) mass is 433 g/mol. The van der Waals surface area contributed by atoms with Crippen LogP contribution in [0.15, 0.2) is 30.7 Å². The molecule has 1 amide bonds. The summed E-state index contributed by atoms with van der Waals surface area (Å²) in [6.07, 6.45) is 9.15. The number of carbonyl (C=O) groups is 1. The first-order chi connectivity index (χ1) is 15.6. The Hall–Kier alpha value is -3.82. The van der Waals surface area contributed by atoms with Crippen molar-refractivity contribution in [3.8, 4) is 0 Å². The van der Waals surface area contributed by atoms with E-state index in [9.17, 15) is 4.79 Å². The van der Waals surface area contributed by atoms with Crippen molar-refractivity contribution in [2.75, 3.05) is 18.0 Å². The molecule has 0 spiro atoms. The predicted octanol–water partition coefficient (Wildman–Crippen LogP) is 2.49. The van der Waals surface area contributed by atoms with Gasteiger partial charge in [-0.2, -0.15) is 0 Å². The van der Waals surface area contributed by atoms with E-state index in [2.05, 4.69) is 36.7 Å². The maximum absolute atomic E-state index is 12.2. The minimum absolute atomic E-state index is 0.252. The van der Waals surface area contributed by atoms with E-state index < -0.39 is 0 Å². The second-order valence-electron chi connectivity index (χ2n) is 7.64. The average Bonchev–Trinajstić information content (AvgIpc) is 3.17. The molecule has 0 radical (unpaired) electrons. The van der Waals surface area contributed by atoms with Crippen molar-refractivity contribution in [3.63, 3.8) is 0 Å². The zero-order valence-electron chi connectivity index (χ0n) is 18.1. The number of nitrogens with one attached hydrogen (secondary N) is 1. The second-order valence-corrected chi connectivity index (χ2v) is 7.64. The van der Waals surface area contributed by atoms with Crippen LogP contribution >= 0.6 is 0 Å². The van der Waals surface area contributed by atoms with Crippen molar-refractivity contribution in [1.82, 2.24) is 34.8 Å². The number of amides is 1. The maximum atomic E-state index is 12.2. The van der Waals surface area contributed by atoms with Crippen LogP contribution in [0.2, 0.25) is 0 Å².